The Morgan fingerprint density at radius 3 is 2.48 bits per heavy atom. The van der Waals surface area contributed by atoms with Gasteiger partial charge in [0, 0.05) is 6.42 Å². The van der Waals surface area contributed by atoms with Crippen molar-refractivity contribution in [3.8, 4) is 0 Å². The molecule has 2 atom stereocenters. The molecule has 1 aromatic rings. The van der Waals surface area contributed by atoms with E-state index in [1.54, 1.807) is 13.8 Å². The molecule has 6 nitrogen and oxygen atoms in total. The molecule has 0 N–H and O–H groups in total. The van der Waals surface area contributed by atoms with Crippen molar-refractivity contribution in [2.75, 3.05) is 19.8 Å². The Morgan fingerprint density at radius 1 is 1.13 bits per heavy atom. The molecule has 2 rings (SSSR count). The van der Waals surface area contributed by atoms with Gasteiger partial charge in [0.15, 0.2) is 0 Å². The average molecular weight is 321 g/mol. The SMILES string of the molecule is CCOC(=O)[C@H]1C[C@@H](OCc2ccccc2)CN1C(=O)OCC. The predicted molar refractivity (Wildman–Crippen MR) is 83.8 cm³/mol. The summed E-state index contributed by atoms with van der Waals surface area (Å²) in [5.74, 6) is -0.411. The Labute approximate surface area is 136 Å². The summed E-state index contributed by atoms with van der Waals surface area (Å²) in [6.07, 6.45) is -0.296. The minimum Gasteiger partial charge on any atom is -0.464 e. The van der Waals surface area contributed by atoms with Crippen molar-refractivity contribution in [2.24, 2.45) is 0 Å². The van der Waals surface area contributed by atoms with Crippen LogP contribution in [0, 0.1) is 0 Å². The van der Waals surface area contributed by atoms with Gasteiger partial charge in [0.1, 0.15) is 6.04 Å². The second-order valence-corrected chi connectivity index (χ2v) is 5.27. The van der Waals surface area contributed by atoms with Gasteiger partial charge in [-0.15, -0.1) is 0 Å². The molecule has 0 radical (unpaired) electrons. The zero-order chi connectivity index (χ0) is 16.7. The normalized spacial score (nSPS) is 20.3. The first-order valence-corrected chi connectivity index (χ1v) is 7.91. The van der Waals surface area contributed by atoms with Crippen molar-refractivity contribution in [2.45, 2.75) is 39.0 Å². The van der Waals surface area contributed by atoms with Crippen molar-refractivity contribution < 1.29 is 23.8 Å². The third-order valence-electron chi connectivity index (χ3n) is 3.65. The van der Waals surface area contributed by atoms with E-state index in [1.807, 2.05) is 30.3 Å². The number of carbonyl (C=O) groups is 2. The van der Waals surface area contributed by atoms with Crippen LogP contribution in [0.1, 0.15) is 25.8 Å². The first kappa shape index (κ1) is 17.3. The highest BCUT2D eigenvalue weighted by molar-refractivity contribution is 5.82. The van der Waals surface area contributed by atoms with E-state index < -0.39 is 18.1 Å². The molecule has 0 aromatic heterocycles. The molecular weight excluding hydrogens is 298 g/mol. The van der Waals surface area contributed by atoms with Gasteiger partial charge in [0.2, 0.25) is 0 Å². The van der Waals surface area contributed by atoms with E-state index in [2.05, 4.69) is 0 Å². The van der Waals surface area contributed by atoms with Crippen LogP contribution in [0.4, 0.5) is 4.79 Å². The number of carbonyl (C=O) groups excluding carboxylic acids is 2. The summed E-state index contributed by atoms with van der Waals surface area (Å²) in [7, 11) is 0. The minimum atomic E-state index is -0.644. The molecule has 0 bridgehead atoms. The number of hydrogen-bond donors (Lipinski definition) is 0. The van der Waals surface area contributed by atoms with Crippen LogP contribution < -0.4 is 0 Å². The Bertz CT molecular complexity index is 493. The van der Waals surface area contributed by atoms with Gasteiger partial charge in [-0.25, -0.2) is 9.59 Å². The summed E-state index contributed by atoms with van der Waals surface area (Å²) in [5, 5.41) is 0. The average Bonchev–Trinajstić information content (AvgIpc) is 2.99. The van der Waals surface area contributed by atoms with E-state index in [-0.39, 0.29) is 19.3 Å². The summed E-state index contributed by atoms with van der Waals surface area (Å²) >= 11 is 0. The van der Waals surface area contributed by atoms with Crippen LogP contribution in [-0.4, -0.2) is 48.9 Å². The van der Waals surface area contributed by atoms with Crippen LogP contribution in [0.5, 0.6) is 0 Å². The zero-order valence-corrected chi connectivity index (χ0v) is 13.6. The molecule has 1 fully saturated rings. The number of benzene rings is 1. The van der Waals surface area contributed by atoms with Crippen LogP contribution in [-0.2, 0) is 25.6 Å². The molecule has 1 amide bonds. The maximum Gasteiger partial charge on any atom is 0.410 e. The monoisotopic (exact) mass is 321 g/mol. The molecule has 6 heteroatoms. The fourth-order valence-corrected chi connectivity index (χ4v) is 2.58. The van der Waals surface area contributed by atoms with Crippen molar-refractivity contribution in [1.82, 2.24) is 4.90 Å². The van der Waals surface area contributed by atoms with Gasteiger partial charge < -0.3 is 14.2 Å². The molecule has 0 saturated carbocycles. The summed E-state index contributed by atoms with van der Waals surface area (Å²) in [4.78, 5) is 25.5. The highest BCUT2D eigenvalue weighted by atomic mass is 16.6. The number of ether oxygens (including phenoxy) is 3. The molecule has 0 spiro atoms. The van der Waals surface area contributed by atoms with Crippen LogP contribution >= 0.6 is 0 Å². The van der Waals surface area contributed by atoms with Gasteiger partial charge in [0.05, 0.1) is 32.5 Å². The van der Waals surface area contributed by atoms with Gasteiger partial charge in [-0.1, -0.05) is 30.3 Å². The third kappa shape index (κ3) is 4.69. The standard InChI is InChI=1S/C17H23NO5/c1-3-21-16(19)15-10-14(11-18(15)17(20)22-4-2)23-12-13-8-6-5-7-9-13/h5-9,14-15H,3-4,10-12H2,1-2H3/t14-,15-/m1/s1. The topological polar surface area (TPSA) is 65.1 Å². The smallest absolute Gasteiger partial charge is 0.410 e. The molecule has 1 aromatic carbocycles. The Hall–Kier alpha value is -2.08. The molecule has 1 heterocycles. The Morgan fingerprint density at radius 2 is 1.83 bits per heavy atom. The van der Waals surface area contributed by atoms with E-state index >= 15 is 0 Å². The first-order valence-electron chi connectivity index (χ1n) is 7.91. The molecule has 126 valence electrons. The number of amides is 1. The van der Waals surface area contributed by atoms with Crippen molar-refractivity contribution in [3.05, 3.63) is 35.9 Å². The fourth-order valence-electron chi connectivity index (χ4n) is 2.58. The van der Waals surface area contributed by atoms with E-state index in [9.17, 15) is 9.59 Å². The third-order valence-corrected chi connectivity index (χ3v) is 3.65. The zero-order valence-electron chi connectivity index (χ0n) is 13.6. The van der Waals surface area contributed by atoms with E-state index in [1.165, 1.54) is 4.90 Å². The molecule has 1 saturated heterocycles. The molecule has 1 aliphatic heterocycles. The van der Waals surface area contributed by atoms with Gasteiger partial charge in [0.25, 0.3) is 0 Å². The van der Waals surface area contributed by atoms with Gasteiger partial charge in [-0.3, -0.25) is 4.90 Å². The van der Waals surface area contributed by atoms with Crippen molar-refractivity contribution >= 4 is 12.1 Å². The summed E-state index contributed by atoms with van der Waals surface area (Å²) < 4.78 is 15.9. The Balaban J connectivity index is 1.97. The van der Waals surface area contributed by atoms with Gasteiger partial charge >= 0.3 is 12.1 Å². The number of likely N-dealkylation sites (tertiary alicyclic amines) is 1. The van der Waals surface area contributed by atoms with E-state index in [4.69, 9.17) is 14.2 Å². The summed E-state index contributed by atoms with van der Waals surface area (Å²) in [6.45, 7) is 4.79. The lowest BCUT2D eigenvalue weighted by Crippen LogP contribution is -2.41. The minimum absolute atomic E-state index is 0.214. The molecular formula is C17H23NO5. The van der Waals surface area contributed by atoms with Crippen LogP contribution in [0.25, 0.3) is 0 Å². The number of hydrogen-bond acceptors (Lipinski definition) is 5. The highest BCUT2D eigenvalue weighted by Gasteiger charge is 2.41. The highest BCUT2D eigenvalue weighted by Crippen LogP contribution is 2.23. The lowest BCUT2D eigenvalue weighted by molar-refractivity contribution is -0.148. The lowest BCUT2D eigenvalue weighted by Gasteiger charge is -2.21. The number of rotatable bonds is 6. The van der Waals surface area contributed by atoms with Crippen molar-refractivity contribution in [1.29, 1.82) is 0 Å². The fraction of sp³-hybridized carbons (Fsp3) is 0.529. The summed E-state index contributed by atoms with van der Waals surface area (Å²) in [5.41, 5.74) is 1.05. The number of esters is 1. The molecule has 0 unspecified atom stereocenters. The molecule has 0 aliphatic carbocycles. The van der Waals surface area contributed by atoms with E-state index in [0.29, 0.717) is 19.6 Å². The maximum atomic E-state index is 12.1. The molecule has 1 aliphatic rings. The second kappa shape index (κ2) is 8.53. The Kier molecular flexibility index (Phi) is 6.40. The molecule has 23 heavy (non-hydrogen) atoms. The summed E-state index contributed by atoms with van der Waals surface area (Å²) in [6, 6.07) is 9.13. The van der Waals surface area contributed by atoms with Gasteiger partial charge in [-0.05, 0) is 19.4 Å². The second-order valence-electron chi connectivity index (χ2n) is 5.27. The maximum absolute atomic E-state index is 12.1. The van der Waals surface area contributed by atoms with Crippen LogP contribution in [0.2, 0.25) is 0 Å². The number of nitrogens with zero attached hydrogens (tertiary/aromatic N) is 1. The van der Waals surface area contributed by atoms with E-state index in [0.717, 1.165) is 5.56 Å². The largest absolute Gasteiger partial charge is 0.464 e. The predicted octanol–water partition coefficient (Wildman–Crippen LogP) is 2.37. The quantitative estimate of drug-likeness (QED) is 0.753. The first-order chi connectivity index (χ1) is 11.2. The van der Waals surface area contributed by atoms with Gasteiger partial charge in [-0.2, -0.15) is 0 Å². The van der Waals surface area contributed by atoms with Crippen molar-refractivity contribution in [3.63, 3.8) is 0 Å². The van der Waals surface area contributed by atoms with Crippen LogP contribution in [0.3, 0.4) is 0 Å². The lowest BCUT2D eigenvalue weighted by atomic mass is 10.2. The van der Waals surface area contributed by atoms with Crippen LogP contribution in [0.15, 0.2) is 30.3 Å².